The first-order valence-corrected chi connectivity index (χ1v) is 21.0. The van der Waals surface area contributed by atoms with Crippen molar-refractivity contribution in [2.45, 2.75) is 86.4 Å². The lowest BCUT2D eigenvalue weighted by Gasteiger charge is -2.23. The van der Waals surface area contributed by atoms with Gasteiger partial charge in [-0.05, 0) is 124 Å². The molecule has 0 atom stereocenters. The summed E-state index contributed by atoms with van der Waals surface area (Å²) in [6, 6.07) is 45.7. The van der Waals surface area contributed by atoms with Crippen molar-refractivity contribution < 1.29 is 9.22 Å². The van der Waals surface area contributed by atoms with Crippen molar-refractivity contribution in [3.8, 4) is 67.5 Å². The molecule has 0 saturated carbocycles. The highest BCUT2D eigenvalue weighted by molar-refractivity contribution is 5.98. The second-order valence-electron chi connectivity index (χ2n) is 18.8. The van der Waals surface area contributed by atoms with Crippen LogP contribution in [0.1, 0.15) is 87.3 Å². The third kappa shape index (κ3) is 8.04. The van der Waals surface area contributed by atoms with Crippen LogP contribution in [0.15, 0.2) is 140 Å². The van der Waals surface area contributed by atoms with Crippen molar-refractivity contribution in [2.75, 3.05) is 0 Å². The van der Waals surface area contributed by atoms with Gasteiger partial charge in [0.1, 0.15) is 11.6 Å². The number of rotatable bonds is 8. The van der Waals surface area contributed by atoms with Crippen molar-refractivity contribution in [3.63, 3.8) is 0 Å². The molecular formula is C56H57N3O. The fourth-order valence-corrected chi connectivity index (χ4v) is 8.30. The van der Waals surface area contributed by atoms with Crippen molar-refractivity contribution >= 4 is 11.0 Å². The molecule has 8 rings (SSSR count). The number of pyridine rings is 1. The summed E-state index contributed by atoms with van der Waals surface area (Å²) in [6.07, 6.45) is 2.77. The predicted octanol–water partition coefficient (Wildman–Crippen LogP) is 14.9. The van der Waals surface area contributed by atoms with Gasteiger partial charge in [-0.15, -0.1) is 0 Å². The Balaban J connectivity index is 1.39. The quantitative estimate of drug-likeness (QED) is 0.167. The van der Waals surface area contributed by atoms with Crippen LogP contribution in [0.5, 0.6) is 5.75 Å². The molecule has 4 heteroatoms. The molecule has 0 radical (unpaired) electrons. The lowest BCUT2D eigenvalue weighted by Crippen LogP contribution is -2.12. The number of phenols is 1. The molecule has 0 bridgehead atoms. The van der Waals surface area contributed by atoms with Crippen LogP contribution in [0, 0.1) is 19.7 Å². The Morgan fingerprint density at radius 3 is 2.08 bits per heavy atom. The van der Waals surface area contributed by atoms with Crippen molar-refractivity contribution in [3.05, 3.63) is 167 Å². The minimum atomic E-state index is -2.16. The zero-order chi connectivity index (χ0) is 45.0. The number of nitrogens with zero attached hydrogens (tertiary/aromatic N) is 3. The van der Waals surface area contributed by atoms with Crippen LogP contribution >= 0.6 is 0 Å². The second-order valence-corrected chi connectivity index (χ2v) is 18.8. The molecule has 0 spiro atoms. The van der Waals surface area contributed by atoms with E-state index < -0.39 is 6.85 Å². The number of hydrogen-bond acceptors (Lipinski definition) is 3. The van der Waals surface area contributed by atoms with Crippen LogP contribution in [0.2, 0.25) is 0 Å². The van der Waals surface area contributed by atoms with Crippen LogP contribution in [0.4, 0.5) is 0 Å². The highest BCUT2D eigenvalue weighted by atomic mass is 16.3. The summed E-state index contributed by atoms with van der Waals surface area (Å²) in [5.74, 6) is 1.40. The summed E-state index contributed by atoms with van der Waals surface area (Å²) >= 11 is 0. The lowest BCUT2D eigenvalue weighted by atomic mass is 9.83. The molecule has 0 aliphatic heterocycles. The van der Waals surface area contributed by atoms with Crippen molar-refractivity contribution in [2.24, 2.45) is 5.92 Å². The number of aromatic hydroxyl groups is 1. The zero-order valence-corrected chi connectivity index (χ0v) is 36.4. The Kier molecular flexibility index (Phi) is 9.65. The van der Waals surface area contributed by atoms with Gasteiger partial charge in [-0.3, -0.25) is 9.55 Å². The molecule has 0 amide bonds. The summed E-state index contributed by atoms with van der Waals surface area (Å²) in [6.45, 7) is 17.5. The number of para-hydroxylation sites is 1. The van der Waals surface area contributed by atoms with Gasteiger partial charge in [0.25, 0.3) is 0 Å². The van der Waals surface area contributed by atoms with Crippen molar-refractivity contribution in [1.29, 1.82) is 0 Å². The van der Waals surface area contributed by atoms with Crippen LogP contribution in [0.25, 0.3) is 72.7 Å². The molecule has 0 saturated heterocycles. The predicted molar refractivity (Wildman–Crippen MR) is 253 cm³/mol. The molecule has 302 valence electrons. The van der Waals surface area contributed by atoms with Crippen LogP contribution in [0.3, 0.4) is 0 Å². The lowest BCUT2D eigenvalue weighted by molar-refractivity contribution is 0.448. The maximum atomic E-state index is 12.3. The number of benzene rings is 6. The van der Waals surface area contributed by atoms with E-state index in [1.165, 1.54) is 5.56 Å². The van der Waals surface area contributed by atoms with E-state index in [0.29, 0.717) is 22.9 Å². The van der Waals surface area contributed by atoms with E-state index >= 15 is 0 Å². The number of fused-ring (bicyclic) bond motifs is 1. The first kappa shape index (κ1) is 36.8. The van der Waals surface area contributed by atoms with Gasteiger partial charge in [0.15, 0.2) is 0 Å². The summed E-state index contributed by atoms with van der Waals surface area (Å²) in [4.78, 5) is 10.5. The van der Waals surface area contributed by atoms with E-state index in [4.69, 9.17) is 14.1 Å². The number of aromatic nitrogens is 3. The monoisotopic (exact) mass is 790 g/mol. The standard InChI is InChI=1S/C56H57N3O/c1-35(2)27-38-21-24-50(46(30-38)40-15-12-11-13-16-40)59-51-18-14-17-45(52(51)58-54(59)47-28-37(4)29-48(53(47)60)56(8,9)10)42-31-43(33-44(32-42)55(5,6)7)49-34-41(25-26-57-49)39-22-19-36(3)20-23-39/h11-26,28-35,60H,27H2,1-10H3/i3D3. The summed E-state index contributed by atoms with van der Waals surface area (Å²) in [7, 11) is 0. The fourth-order valence-electron chi connectivity index (χ4n) is 8.30. The minimum absolute atomic E-state index is 0.190. The summed E-state index contributed by atoms with van der Waals surface area (Å²) in [5.41, 5.74) is 15.4. The smallest absolute Gasteiger partial charge is 0.149 e. The molecule has 2 aromatic heterocycles. The molecule has 0 aliphatic carbocycles. The van der Waals surface area contributed by atoms with E-state index in [1.54, 1.807) is 12.1 Å². The largest absolute Gasteiger partial charge is 0.507 e. The van der Waals surface area contributed by atoms with Crippen LogP contribution in [-0.4, -0.2) is 19.6 Å². The number of aryl methyl sites for hydroxylation is 2. The highest BCUT2D eigenvalue weighted by Crippen LogP contribution is 2.44. The minimum Gasteiger partial charge on any atom is -0.507 e. The Labute approximate surface area is 360 Å². The molecule has 6 aromatic carbocycles. The Morgan fingerprint density at radius 2 is 1.38 bits per heavy atom. The summed E-state index contributed by atoms with van der Waals surface area (Å²) in [5, 5.41) is 12.3. The first-order chi connectivity index (χ1) is 29.8. The Bertz CT molecular complexity index is 2960. The molecule has 1 N–H and O–H groups in total. The van der Waals surface area contributed by atoms with Gasteiger partial charge < -0.3 is 5.11 Å². The van der Waals surface area contributed by atoms with Crippen molar-refractivity contribution in [1.82, 2.24) is 14.5 Å². The molecule has 0 unspecified atom stereocenters. The maximum absolute atomic E-state index is 12.3. The topological polar surface area (TPSA) is 50.9 Å². The Morgan fingerprint density at radius 1 is 0.633 bits per heavy atom. The van der Waals surface area contributed by atoms with Gasteiger partial charge in [-0.2, -0.15) is 0 Å². The normalized spacial score (nSPS) is 13.1. The number of phenolic OH excluding ortho intramolecular Hbond substituents is 1. The fraction of sp³-hybridized carbons (Fsp3) is 0.250. The molecule has 60 heavy (non-hydrogen) atoms. The molecule has 8 aromatic rings. The third-order valence-electron chi connectivity index (χ3n) is 11.4. The van der Waals surface area contributed by atoms with E-state index in [9.17, 15) is 5.11 Å². The first-order valence-electron chi connectivity index (χ1n) is 22.5. The average Bonchev–Trinajstić information content (AvgIpc) is 3.63. The summed E-state index contributed by atoms with van der Waals surface area (Å²) < 4.78 is 25.8. The number of imidazole rings is 1. The van der Waals surface area contributed by atoms with Gasteiger partial charge in [-0.25, -0.2) is 4.98 Å². The number of hydrogen-bond donors (Lipinski definition) is 1. The van der Waals surface area contributed by atoms with E-state index in [1.807, 2.05) is 24.4 Å². The Hall–Kier alpha value is -6.26. The van der Waals surface area contributed by atoms with Crippen LogP contribution in [-0.2, 0) is 17.3 Å². The third-order valence-corrected chi connectivity index (χ3v) is 11.4. The van der Waals surface area contributed by atoms with Crippen LogP contribution < -0.4 is 0 Å². The molecular weight excluding hydrogens is 731 g/mol. The average molecular weight is 791 g/mol. The molecule has 4 nitrogen and oxygen atoms in total. The van der Waals surface area contributed by atoms with Gasteiger partial charge in [0, 0.05) is 32.6 Å². The van der Waals surface area contributed by atoms with E-state index in [-0.39, 0.29) is 16.6 Å². The molecule has 0 fully saturated rings. The van der Waals surface area contributed by atoms with E-state index in [0.717, 1.165) is 84.5 Å². The van der Waals surface area contributed by atoms with Gasteiger partial charge in [0.05, 0.1) is 28.0 Å². The van der Waals surface area contributed by atoms with Gasteiger partial charge in [0.2, 0.25) is 0 Å². The maximum Gasteiger partial charge on any atom is 0.149 e. The highest BCUT2D eigenvalue weighted by Gasteiger charge is 2.27. The second kappa shape index (κ2) is 15.7. The SMILES string of the molecule is [2H]C([2H])([2H])c1ccc(-c2ccnc(-c3cc(-c4cccc5c4nc(-c4cc(C)cc(C(C)(C)C)c4O)n5-c4ccc(CC(C)C)cc4-c4ccccc4)cc(C(C)(C)C)c3)c2)cc1. The molecule has 2 heterocycles. The van der Waals surface area contributed by atoms with Gasteiger partial charge in [-0.1, -0.05) is 146 Å². The zero-order valence-electron chi connectivity index (χ0n) is 39.4. The van der Waals surface area contributed by atoms with Gasteiger partial charge >= 0.3 is 0 Å². The molecule has 0 aliphatic rings. The van der Waals surface area contributed by atoms with E-state index in [2.05, 4.69) is 170 Å².